The van der Waals surface area contributed by atoms with Crippen LogP contribution in [0, 0.1) is 6.92 Å². The predicted molar refractivity (Wildman–Crippen MR) is 164 cm³/mol. The number of fused-ring (bicyclic) bond motifs is 2. The smallest absolute Gasteiger partial charge is 0.311 e. The first-order valence-corrected chi connectivity index (χ1v) is 14.3. The molecule has 1 aliphatic rings. The van der Waals surface area contributed by atoms with Gasteiger partial charge in [0.25, 0.3) is 0 Å². The molecule has 0 aliphatic heterocycles. The third-order valence-electron chi connectivity index (χ3n) is 7.94. The maximum atomic E-state index is 13.3. The average Bonchev–Trinajstić information content (AvgIpc) is 3.17. The number of aryl methyl sites for hydroxylation is 2. The topological polar surface area (TPSA) is 93.6 Å². The van der Waals surface area contributed by atoms with E-state index < -0.39 is 11.9 Å². The Bertz CT molecular complexity index is 1720. The number of hydrogen-bond acceptors (Lipinski definition) is 6. The van der Waals surface area contributed by atoms with E-state index >= 15 is 0 Å². The minimum atomic E-state index is -1.02. The van der Waals surface area contributed by atoms with E-state index in [4.69, 9.17) is 4.74 Å². The van der Waals surface area contributed by atoms with Crippen molar-refractivity contribution >= 4 is 28.4 Å². The number of aromatic hydroxyl groups is 1. The molecule has 0 fully saturated rings. The molecule has 0 spiro atoms. The van der Waals surface area contributed by atoms with E-state index in [1.54, 1.807) is 36.4 Å². The van der Waals surface area contributed by atoms with Crippen LogP contribution in [0.2, 0.25) is 0 Å². The Balaban J connectivity index is 1.40. The van der Waals surface area contributed by atoms with Crippen molar-refractivity contribution < 1.29 is 24.2 Å². The number of carbonyl (C=O) groups excluding carboxylic acids is 3. The molecule has 0 bridgehead atoms. The highest BCUT2D eigenvalue weighted by molar-refractivity contribution is 6.30. The zero-order valence-electron chi connectivity index (χ0n) is 25.3. The molecule has 0 saturated heterocycles. The summed E-state index contributed by atoms with van der Waals surface area (Å²) in [6.07, 6.45) is 0.569. The fourth-order valence-corrected chi connectivity index (χ4v) is 5.67. The third kappa shape index (κ3) is 5.34. The number of para-hydroxylation sites is 1. The second-order valence-electron chi connectivity index (χ2n) is 13.2. The Morgan fingerprint density at radius 3 is 2.14 bits per heavy atom. The summed E-state index contributed by atoms with van der Waals surface area (Å²) < 4.78 is 5.80. The molecule has 3 aromatic carbocycles. The Morgan fingerprint density at radius 1 is 0.881 bits per heavy atom. The van der Waals surface area contributed by atoms with Crippen molar-refractivity contribution in [2.75, 3.05) is 0 Å². The van der Waals surface area contributed by atoms with Gasteiger partial charge in [-0.15, -0.1) is 0 Å². The number of Topliss-reactive ketones (excluding diaryl/α,β-unsaturated/α-hetero) is 2. The fourth-order valence-electron chi connectivity index (χ4n) is 5.67. The van der Waals surface area contributed by atoms with Gasteiger partial charge in [0, 0.05) is 22.9 Å². The average molecular weight is 564 g/mol. The van der Waals surface area contributed by atoms with Crippen LogP contribution >= 0.6 is 0 Å². The van der Waals surface area contributed by atoms with E-state index in [0.717, 1.165) is 27.6 Å². The number of benzene rings is 3. The van der Waals surface area contributed by atoms with Crippen LogP contribution in [-0.4, -0.2) is 27.6 Å². The SMILES string of the molecule is Cc1cccc2c1C(=O)C(c1ccc3cccc(OC(=O)CCc4cc(C(C)(C)C)c(O)c(C(C)(C)C)c4)c3n1)C2=O. The number of rotatable bonds is 5. The molecule has 6 nitrogen and oxygen atoms in total. The highest BCUT2D eigenvalue weighted by Gasteiger charge is 2.41. The van der Waals surface area contributed by atoms with Gasteiger partial charge in [0.15, 0.2) is 17.3 Å². The Hall–Kier alpha value is -4.32. The van der Waals surface area contributed by atoms with Crippen LogP contribution in [0.3, 0.4) is 0 Å². The summed E-state index contributed by atoms with van der Waals surface area (Å²) in [5.74, 6) is -1.38. The zero-order valence-corrected chi connectivity index (χ0v) is 25.3. The van der Waals surface area contributed by atoms with Crippen LogP contribution in [0.5, 0.6) is 11.5 Å². The lowest BCUT2D eigenvalue weighted by atomic mass is 9.78. The molecule has 216 valence electrons. The first-order chi connectivity index (χ1) is 19.7. The Kier molecular flexibility index (Phi) is 7.30. The van der Waals surface area contributed by atoms with Crippen molar-refractivity contribution in [3.63, 3.8) is 0 Å². The molecule has 1 aromatic heterocycles. The molecule has 5 rings (SSSR count). The summed E-state index contributed by atoms with van der Waals surface area (Å²) >= 11 is 0. The van der Waals surface area contributed by atoms with Crippen LogP contribution in [0.4, 0.5) is 0 Å². The van der Waals surface area contributed by atoms with Gasteiger partial charge in [0.1, 0.15) is 17.2 Å². The highest BCUT2D eigenvalue weighted by Crippen LogP contribution is 2.40. The van der Waals surface area contributed by atoms with Crippen LogP contribution in [0.25, 0.3) is 10.9 Å². The number of phenols is 1. The monoisotopic (exact) mass is 563 g/mol. The number of hydrogen-bond donors (Lipinski definition) is 1. The molecular formula is C36H37NO5. The van der Waals surface area contributed by atoms with E-state index in [9.17, 15) is 19.5 Å². The summed E-state index contributed by atoms with van der Waals surface area (Å²) in [5, 5.41) is 11.7. The molecule has 1 unspecified atom stereocenters. The fraction of sp³-hybridized carbons (Fsp3) is 0.333. The normalized spacial score (nSPS) is 15.3. The molecule has 0 saturated carbocycles. The maximum absolute atomic E-state index is 13.3. The second kappa shape index (κ2) is 10.5. The lowest BCUT2D eigenvalue weighted by Crippen LogP contribution is -2.18. The number of phenolic OH excluding ortho intramolecular Hbond substituents is 1. The summed E-state index contributed by atoms with van der Waals surface area (Å²) in [6, 6.07) is 18.0. The first-order valence-electron chi connectivity index (χ1n) is 14.3. The van der Waals surface area contributed by atoms with Crippen molar-refractivity contribution in [3.8, 4) is 11.5 Å². The van der Waals surface area contributed by atoms with Gasteiger partial charge < -0.3 is 9.84 Å². The minimum Gasteiger partial charge on any atom is -0.507 e. The van der Waals surface area contributed by atoms with Gasteiger partial charge in [-0.25, -0.2) is 4.98 Å². The van der Waals surface area contributed by atoms with Gasteiger partial charge in [0.05, 0.1) is 5.69 Å². The molecule has 1 heterocycles. The van der Waals surface area contributed by atoms with E-state index in [2.05, 4.69) is 46.5 Å². The molecular weight excluding hydrogens is 526 g/mol. The van der Waals surface area contributed by atoms with E-state index in [1.807, 2.05) is 31.2 Å². The maximum Gasteiger partial charge on any atom is 0.311 e. The van der Waals surface area contributed by atoms with Gasteiger partial charge >= 0.3 is 5.97 Å². The minimum absolute atomic E-state index is 0.127. The molecule has 4 aromatic rings. The molecule has 1 N–H and O–H groups in total. The van der Waals surface area contributed by atoms with Gasteiger partial charge in [-0.3, -0.25) is 14.4 Å². The number of ether oxygens (including phenoxy) is 1. The Labute approximate surface area is 246 Å². The third-order valence-corrected chi connectivity index (χ3v) is 7.94. The number of ketones is 2. The standard InChI is InChI=1S/C36H37NO5/c1-20-10-8-12-23-29(20)34(41)30(32(23)39)26-16-15-22-11-9-13-27(31(22)37-26)42-28(38)17-14-21-18-24(35(2,3)4)33(40)25(19-21)36(5,6)7/h8-13,15-16,18-19,30,40H,14,17H2,1-7H3. The lowest BCUT2D eigenvalue weighted by Gasteiger charge is -2.28. The van der Waals surface area contributed by atoms with Crippen LogP contribution < -0.4 is 4.74 Å². The second-order valence-corrected chi connectivity index (χ2v) is 13.2. The number of esters is 1. The summed E-state index contributed by atoms with van der Waals surface area (Å²) in [4.78, 5) is 44.3. The van der Waals surface area contributed by atoms with E-state index in [-0.39, 0.29) is 34.6 Å². The molecule has 42 heavy (non-hydrogen) atoms. The molecule has 1 atom stereocenters. The van der Waals surface area contributed by atoms with Crippen LogP contribution in [0.1, 0.15) is 103 Å². The quantitative estimate of drug-likeness (QED) is 0.153. The number of carbonyl (C=O) groups is 3. The van der Waals surface area contributed by atoms with Gasteiger partial charge in [-0.1, -0.05) is 90.1 Å². The zero-order chi connectivity index (χ0) is 30.6. The van der Waals surface area contributed by atoms with Gasteiger partial charge in [-0.05, 0) is 58.6 Å². The predicted octanol–water partition coefficient (Wildman–Crippen LogP) is 7.54. The van der Waals surface area contributed by atoms with Crippen molar-refractivity contribution in [3.05, 3.63) is 99.7 Å². The van der Waals surface area contributed by atoms with Crippen molar-refractivity contribution in [2.24, 2.45) is 0 Å². The van der Waals surface area contributed by atoms with Crippen molar-refractivity contribution in [1.29, 1.82) is 0 Å². The van der Waals surface area contributed by atoms with Crippen LogP contribution in [-0.2, 0) is 22.0 Å². The summed E-state index contributed by atoms with van der Waals surface area (Å²) in [6.45, 7) is 14.2. The lowest BCUT2D eigenvalue weighted by molar-refractivity contribution is -0.134. The number of nitrogens with zero attached hydrogens (tertiary/aromatic N) is 1. The van der Waals surface area contributed by atoms with Crippen molar-refractivity contribution in [2.45, 2.75) is 78.1 Å². The summed E-state index contributed by atoms with van der Waals surface area (Å²) in [7, 11) is 0. The largest absolute Gasteiger partial charge is 0.507 e. The van der Waals surface area contributed by atoms with E-state index in [0.29, 0.717) is 34.5 Å². The van der Waals surface area contributed by atoms with Gasteiger partial charge in [0.2, 0.25) is 0 Å². The highest BCUT2D eigenvalue weighted by atomic mass is 16.5. The van der Waals surface area contributed by atoms with Crippen LogP contribution in [0.15, 0.2) is 60.7 Å². The van der Waals surface area contributed by atoms with Crippen molar-refractivity contribution in [1.82, 2.24) is 4.98 Å². The Morgan fingerprint density at radius 2 is 1.52 bits per heavy atom. The number of pyridine rings is 1. The summed E-state index contributed by atoms with van der Waals surface area (Å²) in [5.41, 5.74) is 4.50. The van der Waals surface area contributed by atoms with E-state index in [1.165, 1.54) is 0 Å². The molecule has 0 radical (unpaired) electrons. The van der Waals surface area contributed by atoms with Gasteiger partial charge in [-0.2, -0.15) is 0 Å². The molecule has 6 heteroatoms. The first kappa shape index (κ1) is 29.2. The molecule has 0 amide bonds. The number of aromatic nitrogens is 1. The molecule has 1 aliphatic carbocycles.